The van der Waals surface area contributed by atoms with Crippen LogP contribution in [0.15, 0.2) is 34.7 Å². The Morgan fingerprint density at radius 1 is 1.48 bits per heavy atom. The van der Waals surface area contributed by atoms with E-state index >= 15 is 0 Å². The summed E-state index contributed by atoms with van der Waals surface area (Å²) in [5, 5.41) is 5.93. The second-order valence-corrected chi connectivity index (χ2v) is 5.25. The number of carbonyl (C=O) groups excluding carboxylic acids is 1. The van der Waals surface area contributed by atoms with Gasteiger partial charge in [-0.3, -0.25) is 10.2 Å². The van der Waals surface area contributed by atoms with E-state index in [9.17, 15) is 18.0 Å². The lowest BCUT2D eigenvalue weighted by Gasteiger charge is -2.06. The van der Waals surface area contributed by atoms with Crippen molar-refractivity contribution in [2.24, 2.45) is 5.10 Å². The number of methoxy groups -OCH3 is 1. The van der Waals surface area contributed by atoms with E-state index in [0.29, 0.717) is 16.4 Å². The summed E-state index contributed by atoms with van der Waals surface area (Å²) in [5.41, 5.74) is 2.70. The number of aromatic nitrogens is 1. The summed E-state index contributed by atoms with van der Waals surface area (Å²) in [7, 11) is 1.28. The van der Waals surface area contributed by atoms with Crippen LogP contribution in [0.5, 0.6) is 0 Å². The molecule has 1 aromatic carbocycles. The zero-order chi connectivity index (χ0) is 16.9. The first-order chi connectivity index (χ1) is 10.9. The predicted molar refractivity (Wildman–Crippen MR) is 80.5 cm³/mol. The molecule has 0 bridgehead atoms. The van der Waals surface area contributed by atoms with E-state index in [2.05, 4.69) is 20.2 Å². The minimum Gasteiger partial charge on any atom is -0.469 e. The van der Waals surface area contributed by atoms with Gasteiger partial charge < -0.3 is 4.74 Å². The van der Waals surface area contributed by atoms with Crippen LogP contribution in [0.3, 0.4) is 0 Å². The van der Waals surface area contributed by atoms with E-state index < -0.39 is 17.7 Å². The van der Waals surface area contributed by atoms with Crippen molar-refractivity contribution < 1.29 is 22.7 Å². The lowest BCUT2D eigenvalue weighted by atomic mass is 10.1. The van der Waals surface area contributed by atoms with Gasteiger partial charge >= 0.3 is 12.1 Å². The van der Waals surface area contributed by atoms with Crippen LogP contribution in [0.1, 0.15) is 16.8 Å². The Morgan fingerprint density at radius 3 is 2.96 bits per heavy atom. The van der Waals surface area contributed by atoms with Crippen LogP contribution in [-0.4, -0.2) is 24.3 Å². The minimum absolute atomic E-state index is 0.0476. The summed E-state index contributed by atoms with van der Waals surface area (Å²) < 4.78 is 42.3. The largest absolute Gasteiger partial charge is 0.469 e. The van der Waals surface area contributed by atoms with Gasteiger partial charge in [-0.1, -0.05) is 12.1 Å². The molecule has 5 nitrogen and oxygen atoms in total. The van der Waals surface area contributed by atoms with E-state index in [-0.39, 0.29) is 6.42 Å². The van der Waals surface area contributed by atoms with E-state index in [0.717, 1.165) is 12.1 Å². The average Bonchev–Trinajstić information content (AvgIpc) is 2.94. The Kier molecular flexibility index (Phi) is 5.32. The predicted octanol–water partition coefficient (Wildman–Crippen LogP) is 3.32. The fraction of sp³-hybridized carbons (Fsp3) is 0.214. The fourth-order valence-electron chi connectivity index (χ4n) is 1.62. The monoisotopic (exact) mass is 343 g/mol. The molecule has 0 amide bonds. The second-order valence-electron chi connectivity index (χ2n) is 4.39. The van der Waals surface area contributed by atoms with Gasteiger partial charge in [0.2, 0.25) is 5.13 Å². The molecule has 1 N–H and O–H groups in total. The molecule has 0 saturated heterocycles. The van der Waals surface area contributed by atoms with Crippen LogP contribution in [0.4, 0.5) is 18.3 Å². The van der Waals surface area contributed by atoms with Crippen molar-refractivity contribution in [1.82, 2.24) is 4.98 Å². The first-order valence-electron chi connectivity index (χ1n) is 6.36. The highest BCUT2D eigenvalue weighted by atomic mass is 32.1. The minimum atomic E-state index is -4.39. The number of nitrogens with one attached hydrogen (secondary N) is 1. The van der Waals surface area contributed by atoms with Gasteiger partial charge in [0.1, 0.15) is 0 Å². The number of esters is 1. The maximum Gasteiger partial charge on any atom is 0.416 e. The van der Waals surface area contributed by atoms with Crippen LogP contribution >= 0.6 is 11.3 Å². The summed E-state index contributed by atoms with van der Waals surface area (Å²) >= 11 is 1.22. The van der Waals surface area contributed by atoms with E-state index in [4.69, 9.17) is 0 Å². The van der Waals surface area contributed by atoms with Crippen molar-refractivity contribution in [2.45, 2.75) is 12.6 Å². The lowest BCUT2D eigenvalue weighted by molar-refractivity contribution is -0.140. The molecule has 0 aliphatic rings. The molecule has 0 aliphatic carbocycles. The van der Waals surface area contributed by atoms with Crippen molar-refractivity contribution in [3.8, 4) is 0 Å². The molecule has 0 atom stereocenters. The van der Waals surface area contributed by atoms with Crippen LogP contribution in [0.25, 0.3) is 0 Å². The van der Waals surface area contributed by atoms with Gasteiger partial charge in [-0.25, -0.2) is 4.98 Å². The Labute approximate surface area is 133 Å². The highest BCUT2D eigenvalue weighted by Crippen LogP contribution is 2.29. The van der Waals surface area contributed by atoms with Crippen molar-refractivity contribution >= 4 is 28.7 Å². The number of benzene rings is 1. The zero-order valence-electron chi connectivity index (χ0n) is 11.9. The summed E-state index contributed by atoms with van der Waals surface area (Å²) in [6.07, 6.45) is -3.09. The number of hydrogen-bond donors (Lipinski definition) is 1. The third-order valence-corrected chi connectivity index (χ3v) is 3.49. The topological polar surface area (TPSA) is 63.6 Å². The molecule has 9 heteroatoms. The molecule has 0 spiro atoms. The number of hydrogen-bond acceptors (Lipinski definition) is 6. The molecule has 0 saturated carbocycles. The fourth-order valence-corrected chi connectivity index (χ4v) is 2.28. The summed E-state index contributed by atoms with van der Waals surface area (Å²) in [6.45, 7) is 0. The molecule has 23 heavy (non-hydrogen) atoms. The average molecular weight is 343 g/mol. The number of ether oxygens (including phenoxy) is 1. The Bertz CT molecular complexity index is 713. The van der Waals surface area contributed by atoms with Gasteiger partial charge in [-0.15, -0.1) is 11.3 Å². The van der Waals surface area contributed by atoms with E-state index in [1.807, 2.05) is 0 Å². The van der Waals surface area contributed by atoms with Gasteiger partial charge in [-0.05, 0) is 17.7 Å². The number of hydrazone groups is 1. The van der Waals surface area contributed by atoms with Crippen LogP contribution in [0.2, 0.25) is 0 Å². The normalized spacial score (nSPS) is 11.7. The van der Waals surface area contributed by atoms with Crippen molar-refractivity contribution in [2.75, 3.05) is 12.5 Å². The standard InChI is InChI=1S/C14H12F3N3O2S/c1-22-12(21)6-11-8-23-13(19-11)20-18-7-9-3-2-4-10(5-9)14(15,16)17/h2-5,7-8H,6H2,1H3,(H,19,20)/b18-7-. The molecule has 0 fully saturated rings. The first-order valence-corrected chi connectivity index (χ1v) is 7.24. The second kappa shape index (κ2) is 7.23. The molecule has 122 valence electrons. The summed E-state index contributed by atoms with van der Waals surface area (Å²) in [5.74, 6) is -0.408. The Morgan fingerprint density at radius 2 is 2.26 bits per heavy atom. The van der Waals surface area contributed by atoms with E-state index in [1.54, 1.807) is 5.38 Å². The third kappa shape index (κ3) is 5.06. The molecule has 2 aromatic rings. The van der Waals surface area contributed by atoms with Gasteiger partial charge in [0.25, 0.3) is 0 Å². The number of anilines is 1. The molecule has 0 unspecified atom stereocenters. The number of halogens is 3. The van der Waals surface area contributed by atoms with Gasteiger partial charge in [0.15, 0.2) is 0 Å². The highest BCUT2D eigenvalue weighted by molar-refractivity contribution is 7.13. The lowest BCUT2D eigenvalue weighted by Crippen LogP contribution is -2.05. The summed E-state index contributed by atoms with van der Waals surface area (Å²) in [6, 6.07) is 4.80. The first kappa shape index (κ1) is 16.9. The number of nitrogens with zero attached hydrogens (tertiary/aromatic N) is 2. The van der Waals surface area contributed by atoms with Gasteiger partial charge in [0, 0.05) is 5.38 Å². The SMILES string of the molecule is COC(=O)Cc1csc(N/N=C\c2cccc(C(F)(F)F)c2)n1. The number of carbonyl (C=O) groups is 1. The number of alkyl halides is 3. The smallest absolute Gasteiger partial charge is 0.416 e. The van der Waals surface area contributed by atoms with Crippen LogP contribution < -0.4 is 5.43 Å². The molecule has 1 heterocycles. The Hall–Kier alpha value is -2.42. The van der Waals surface area contributed by atoms with Gasteiger partial charge in [-0.2, -0.15) is 18.3 Å². The maximum atomic E-state index is 12.6. The van der Waals surface area contributed by atoms with Gasteiger partial charge in [0.05, 0.1) is 31.0 Å². The quantitative estimate of drug-likeness (QED) is 0.514. The third-order valence-electron chi connectivity index (χ3n) is 2.69. The molecular formula is C14H12F3N3O2S. The number of rotatable bonds is 5. The molecular weight excluding hydrogens is 331 g/mol. The molecule has 0 aliphatic heterocycles. The molecule has 1 aromatic heterocycles. The maximum absolute atomic E-state index is 12.6. The number of thiazole rings is 1. The zero-order valence-corrected chi connectivity index (χ0v) is 12.7. The van der Waals surface area contributed by atoms with Crippen molar-refractivity contribution in [1.29, 1.82) is 0 Å². The van der Waals surface area contributed by atoms with E-state index in [1.165, 1.54) is 36.8 Å². The van der Waals surface area contributed by atoms with Crippen molar-refractivity contribution in [3.05, 3.63) is 46.5 Å². The van der Waals surface area contributed by atoms with Crippen molar-refractivity contribution in [3.63, 3.8) is 0 Å². The van der Waals surface area contributed by atoms with Crippen LogP contribution in [0, 0.1) is 0 Å². The highest BCUT2D eigenvalue weighted by Gasteiger charge is 2.30. The summed E-state index contributed by atoms with van der Waals surface area (Å²) in [4.78, 5) is 15.2. The Balaban J connectivity index is 1.98. The molecule has 0 radical (unpaired) electrons. The van der Waals surface area contributed by atoms with Crippen LogP contribution in [-0.2, 0) is 22.1 Å². The molecule has 2 rings (SSSR count).